The van der Waals surface area contributed by atoms with Gasteiger partial charge in [-0.3, -0.25) is 4.79 Å². The van der Waals surface area contributed by atoms with Crippen molar-refractivity contribution in [3.05, 3.63) is 71.2 Å². The first-order valence-corrected chi connectivity index (χ1v) is 9.16. The van der Waals surface area contributed by atoms with Crippen molar-refractivity contribution in [2.45, 2.75) is 6.92 Å². The Bertz CT molecular complexity index is 898. The summed E-state index contributed by atoms with van der Waals surface area (Å²) in [7, 11) is 0. The molecule has 0 bridgehead atoms. The first-order chi connectivity index (χ1) is 13.6. The number of amides is 1. The van der Waals surface area contributed by atoms with Crippen LogP contribution in [0.15, 0.2) is 60.7 Å². The molecule has 7 heteroatoms. The number of hydrogen-bond acceptors (Lipinski definition) is 5. The predicted octanol–water partition coefficient (Wildman–Crippen LogP) is 3.68. The van der Waals surface area contributed by atoms with Gasteiger partial charge in [0.15, 0.2) is 6.61 Å². The molecule has 1 heterocycles. The number of aromatic nitrogens is 2. The normalized spacial score (nSPS) is 10.4. The molecule has 6 nitrogen and oxygen atoms in total. The SMILES string of the molecule is Cc1ccc(-c2ccc(OCCNC(=O)COc3ccc(Cl)cc3)nn2)cc1. The van der Waals surface area contributed by atoms with Crippen molar-refractivity contribution in [2.75, 3.05) is 19.8 Å². The predicted molar refractivity (Wildman–Crippen MR) is 108 cm³/mol. The van der Waals surface area contributed by atoms with Gasteiger partial charge in [-0.25, -0.2) is 0 Å². The van der Waals surface area contributed by atoms with E-state index in [2.05, 4.69) is 15.5 Å². The quantitative estimate of drug-likeness (QED) is 0.587. The number of halogens is 1. The topological polar surface area (TPSA) is 73.3 Å². The maximum absolute atomic E-state index is 11.8. The highest BCUT2D eigenvalue weighted by Crippen LogP contribution is 2.18. The van der Waals surface area contributed by atoms with Crippen LogP contribution >= 0.6 is 11.6 Å². The molecular weight excluding hydrogens is 378 g/mol. The van der Waals surface area contributed by atoms with E-state index in [-0.39, 0.29) is 19.1 Å². The molecule has 0 aliphatic rings. The Labute approximate surface area is 168 Å². The van der Waals surface area contributed by atoms with Crippen molar-refractivity contribution in [1.82, 2.24) is 15.5 Å². The highest BCUT2D eigenvalue weighted by Gasteiger charge is 2.04. The lowest BCUT2D eigenvalue weighted by Crippen LogP contribution is -2.32. The molecule has 1 amide bonds. The number of benzene rings is 2. The standard InChI is InChI=1S/C21H20ClN3O3/c1-15-2-4-16(5-3-15)19-10-11-21(25-24-19)27-13-12-23-20(26)14-28-18-8-6-17(22)7-9-18/h2-11H,12-14H2,1H3,(H,23,26). The molecule has 0 atom stereocenters. The Kier molecular flexibility index (Phi) is 6.81. The van der Waals surface area contributed by atoms with E-state index in [1.807, 2.05) is 37.3 Å². The number of ether oxygens (including phenoxy) is 2. The average molecular weight is 398 g/mol. The summed E-state index contributed by atoms with van der Waals surface area (Å²) in [5, 5.41) is 11.6. The van der Waals surface area contributed by atoms with E-state index in [1.54, 1.807) is 30.3 Å². The minimum atomic E-state index is -0.237. The van der Waals surface area contributed by atoms with Crippen LogP contribution < -0.4 is 14.8 Å². The van der Waals surface area contributed by atoms with Crippen LogP contribution in [0.4, 0.5) is 0 Å². The lowest BCUT2D eigenvalue weighted by molar-refractivity contribution is -0.123. The molecule has 0 radical (unpaired) electrons. The highest BCUT2D eigenvalue weighted by atomic mass is 35.5. The molecular formula is C21H20ClN3O3. The fourth-order valence-corrected chi connectivity index (χ4v) is 2.48. The largest absolute Gasteiger partial charge is 0.484 e. The summed E-state index contributed by atoms with van der Waals surface area (Å²) in [5.41, 5.74) is 2.97. The van der Waals surface area contributed by atoms with Crippen molar-refractivity contribution in [3.63, 3.8) is 0 Å². The van der Waals surface area contributed by atoms with Gasteiger partial charge in [0.2, 0.25) is 5.88 Å². The van der Waals surface area contributed by atoms with E-state index in [0.29, 0.717) is 23.2 Å². The van der Waals surface area contributed by atoms with Crippen LogP contribution in [0, 0.1) is 6.92 Å². The minimum Gasteiger partial charge on any atom is -0.484 e. The van der Waals surface area contributed by atoms with Gasteiger partial charge in [0.05, 0.1) is 12.2 Å². The molecule has 0 saturated heterocycles. The van der Waals surface area contributed by atoms with E-state index in [9.17, 15) is 4.79 Å². The lowest BCUT2D eigenvalue weighted by Gasteiger charge is -2.08. The van der Waals surface area contributed by atoms with Gasteiger partial charge in [-0.2, -0.15) is 0 Å². The zero-order valence-electron chi connectivity index (χ0n) is 15.4. The van der Waals surface area contributed by atoms with Crippen molar-refractivity contribution in [2.24, 2.45) is 0 Å². The van der Waals surface area contributed by atoms with Gasteiger partial charge in [-0.15, -0.1) is 10.2 Å². The van der Waals surface area contributed by atoms with Crippen LogP contribution in [0.1, 0.15) is 5.56 Å². The molecule has 0 spiro atoms. The molecule has 1 aromatic heterocycles. The van der Waals surface area contributed by atoms with Crippen molar-refractivity contribution in [3.8, 4) is 22.9 Å². The van der Waals surface area contributed by atoms with Crippen molar-refractivity contribution < 1.29 is 14.3 Å². The maximum Gasteiger partial charge on any atom is 0.258 e. The second-order valence-corrected chi connectivity index (χ2v) is 6.50. The van der Waals surface area contributed by atoms with E-state index >= 15 is 0 Å². The van der Waals surface area contributed by atoms with Gasteiger partial charge in [-0.1, -0.05) is 41.4 Å². The highest BCUT2D eigenvalue weighted by molar-refractivity contribution is 6.30. The molecule has 0 unspecified atom stereocenters. The van der Waals surface area contributed by atoms with Crippen LogP contribution in [-0.4, -0.2) is 35.9 Å². The molecule has 2 aromatic carbocycles. The van der Waals surface area contributed by atoms with Crippen molar-refractivity contribution in [1.29, 1.82) is 0 Å². The Morgan fingerprint density at radius 3 is 2.39 bits per heavy atom. The van der Waals surface area contributed by atoms with E-state index in [4.69, 9.17) is 21.1 Å². The van der Waals surface area contributed by atoms with E-state index in [0.717, 1.165) is 11.3 Å². The number of rotatable bonds is 8. The number of carbonyl (C=O) groups is 1. The zero-order chi connectivity index (χ0) is 19.8. The second-order valence-electron chi connectivity index (χ2n) is 6.06. The Balaban J connectivity index is 1.37. The van der Waals surface area contributed by atoms with E-state index in [1.165, 1.54) is 5.56 Å². The van der Waals surface area contributed by atoms with Crippen LogP contribution in [0.25, 0.3) is 11.3 Å². The number of hydrogen-bond donors (Lipinski definition) is 1. The van der Waals surface area contributed by atoms with Crippen LogP contribution in [0.5, 0.6) is 11.6 Å². The summed E-state index contributed by atoms with van der Waals surface area (Å²) in [6, 6.07) is 18.5. The first-order valence-electron chi connectivity index (χ1n) is 8.79. The number of carbonyl (C=O) groups excluding carboxylic acids is 1. The van der Waals surface area contributed by atoms with Crippen molar-refractivity contribution >= 4 is 17.5 Å². The third-order valence-electron chi connectivity index (χ3n) is 3.85. The number of aryl methyl sites for hydroxylation is 1. The monoisotopic (exact) mass is 397 g/mol. The maximum atomic E-state index is 11.8. The summed E-state index contributed by atoms with van der Waals surface area (Å²) >= 11 is 5.80. The minimum absolute atomic E-state index is 0.0767. The summed E-state index contributed by atoms with van der Waals surface area (Å²) in [6.45, 7) is 2.58. The van der Waals surface area contributed by atoms with Crippen LogP contribution in [0.3, 0.4) is 0 Å². The van der Waals surface area contributed by atoms with Crippen LogP contribution in [-0.2, 0) is 4.79 Å². The molecule has 3 rings (SSSR count). The molecule has 28 heavy (non-hydrogen) atoms. The molecule has 3 aromatic rings. The Morgan fingerprint density at radius 2 is 1.71 bits per heavy atom. The zero-order valence-corrected chi connectivity index (χ0v) is 16.1. The Hall–Kier alpha value is -3.12. The fraction of sp³-hybridized carbons (Fsp3) is 0.190. The molecule has 144 valence electrons. The summed E-state index contributed by atoms with van der Waals surface area (Å²) in [5.74, 6) is 0.751. The third-order valence-corrected chi connectivity index (χ3v) is 4.10. The molecule has 0 aliphatic heterocycles. The molecule has 0 saturated carbocycles. The van der Waals surface area contributed by atoms with Gasteiger partial charge in [-0.05, 0) is 37.3 Å². The van der Waals surface area contributed by atoms with Gasteiger partial charge in [0.1, 0.15) is 12.4 Å². The molecule has 1 N–H and O–H groups in total. The first kappa shape index (κ1) is 19.6. The number of nitrogens with zero attached hydrogens (tertiary/aromatic N) is 2. The summed E-state index contributed by atoms with van der Waals surface area (Å²) in [4.78, 5) is 11.8. The molecule has 0 aliphatic carbocycles. The smallest absolute Gasteiger partial charge is 0.258 e. The van der Waals surface area contributed by atoms with Gasteiger partial charge in [0.25, 0.3) is 5.91 Å². The second kappa shape index (κ2) is 9.71. The lowest BCUT2D eigenvalue weighted by atomic mass is 10.1. The Morgan fingerprint density at radius 1 is 0.964 bits per heavy atom. The van der Waals surface area contributed by atoms with Crippen LogP contribution in [0.2, 0.25) is 5.02 Å². The summed E-state index contributed by atoms with van der Waals surface area (Å²) in [6.07, 6.45) is 0. The molecule has 0 fully saturated rings. The fourth-order valence-electron chi connectivity index (χ4n) is 2.35. The van der Waals surface area contributed by atoms with E-state index < -0.39 is 0 Å². The number of nitrogens with one attached hydrogen (secondary N) is 1. The average Bonchev–Trinajstić information content (AvgIpc) is 2.72. The third kappa shape index (κ3) is 5.96. The van der Waals surface area contributed by atoms with Gasteiger partial charge < -0.3 is 14.8 Å². The van der Waals surface area contributed by atoms with Gasteiger partial charge in [0, 0.05) is 16.7 Å². The van der Waals surface area contributed by atoms with Gasteiger partial charge >= 0.3 is 0 Å². The summed E-state index contributed by atoms with van der Waals surface area (Å²) < 4.78 is 10.9.